The maximum Gasteiger partial charge on any atom is 0.267 e. The fourth-order valence-electron chi connectivity index (χ4n) is 2.11. The number of nitrogens with two attached hydrogens (primary N) is 1. The number of halogens is 2. The van der Waals surface area contributed by atoms with Crippen LogP contribution in [0.15, 0.2) is 30.3 Å². The van der Waals surface area contributed by atoms with Gasteiger partial charge < -0.3 is 10.6 Å². The van der Waals surface area contributed by atoms with Gasteiger partial charge >= 0.3 is 0 Å². The summed E-state index contributed by atoms with van der Waals surface area (Å²) in [6.07, 6.45) is 0.110. The Morgan fingerprint density at radius 1 is 1.39 bits per heavy atom. The zero-order chi connectivity index (χ0) is 13.2. The lowest BCUT2D eigenvalue weighted by Gasteiger charge is -2.20. The Kier molecular flexibility index (Phi) is 3.61. The van der Waals surface area contributed by atoms with Gasteiger partial charge in [-0.3, -0.25) is 4.79 Å². The zero-order valence-electron chi connectivity index (χ0n) is 9.98. The monoisotopic (exact) mass is 254 g/mol. The molecule has 1 saturated heterocycles. The molecule has 1 atom stereocenters. The van der Waals surface area contributed by atoms with Gasteiger partial charge in [0, 0.05) is 13.0 Å². The molecule has 2 rings (SSSR count). The molecule has 0 unspecified atom stereocenters. The molecular weight excluding hydrogens is 238 g/mol. The Morgan fingerprint density at radius 2 is 2.06 bits per heavy atom. The van der Waals surface area contributed by atoms with E-state index in [2.05, 4.69) is 0 Å². The highest BCUT2D eigenvalue weighted by molar-refractivity contribution is 5.82. The summed E-state index contributed by atoms with van der Waals surface area (Å²) in [6, 6.07) is 8.57. The Morgan fingerprint density at radius 3 is 2.61 bits per heavy atom. The van der Waals surface area contributed by atoms with Crippen LogP contribution in [0, 0.1) is 0 Å². The van der Waals surface area contributed by atoms with Crippen LogP contribution in [0.1, 0.15) is 12.0 Å². The van der Waals surface area contributed by atoms with E-state index in [0.717, 1.165) is 10.5 Å². The van der Waals surface area contributed by atoms with Gasteiger partial charge in [0.1, 0.15) is 0 Å². The molecule has 0 aromatic heterocycles. The molecule has 0 bridgehead atoms. The number of likely N-dealkylation sites (tertiary alicyclic amines) is 1. The topological polar surface area (TPSA) is 46.3 Å². The van der Waals surface area contributed by atoms with E-state index in [1.54, 1.807) is 0 Å². The molecule has 1 amide bonds. The van der Waals surface area contributed by atoms with Crippen LogP contribution in [0.5, 0.6) is 0 Å². The van der Waals surface area contributed by atoms with Crippen LogP contribution < -0.4 is 5.73 Å². The second-order valence-electron chi connectivity index (χ2n) is 4.66. The number of carbonyl (C=O) groups excluding carboxylic acids is 1. The number of rotatable bonds is 3. The van der Waals surface area contributed by atoms with Gasteiger partial charge in [-0.25, -0.2) is 8.78 Å². The summed E-state index contributed by atoms with van der Waals surface area (Å²) in [5, 5.41) is 0. The fraction of sp³-hybridized carbons (Fsp3) is 0.462. The van der Waals surface area contributed by atoms with Crippen molar-refractivity contribution in [2.45, 2.75) is 24.8 Å². The molecular formula is C13H16F2N2O. The van der Waals surface area contributed by atoms with E-state index in [1.807, 2.05) is 30.3 Å². The number of benzene rings is 1. The summed E-state index contributed by atoms with van der Waals surface area (Å²) in [4.78, 5) is 13.1. The lowest BCUT2D eigenvalue weighted by molar-refractivity contribution is -0.133. The summed E-state index contributed by atoms with van der Waals surface area (Å²) in [6.45, 7) is -0.414. The van der Waals surface area contributed by atoms with Crippen LogP contribution in [0.4, 0.5) is 8.78 Å². The lowest BCUT2D eigenvalue weighted by Crippen LogP contribution is -2.44. The van der Waals surface area contributed by atoms with Crippen LogP contribution in [0.25, 0.3) is 0 Å². The molecule has 0 radical (unpaired) electrons. The molecule has 98 valence electrons. The molecule has 1 heterocycles. The van der Waals surface area contributed by atoms with Crippen molar-refractivity contribution in [2.75, 3.05) is 13.1 Å². The van der Waals surface area contributed by atoms with Crippen LogP contribution >= 0.6 is 0 Å². The van der Waals surface area contributed by atoms with Gasteiger partial charge in [0.05, 0.1) is 12.6 Å². The minimum absolute atomic E-state index is 0.0916. The molecule has 1 aromatic carbocycles. The van der Waals surface area contributed by atoms with Gasteiger partial charge in [0.15, 0.2) is 0 Å². The molecule has 0 spiro atoms. The first-order valence-electron chi connectivity index (χ1n) is 5.94. The minimum atomic E-state index is -2.76. The predicted molar refractivity (Wildman–Crippen MR) is 64.3 cm³/mol. The molecule has 0 saturated carbocycles. The second kappa shape index (κ2) is 5.02. The number of amides is 1. The van der Waals surface area contributed by atoms with Gasteiger partial charge in [-0.2, -0.15) is 0 Å². The smallest absolute Gasteiger partial charge is 0.267 e. The van der Waals surface area contributed by atoms with Crippen molar-refractivity contribution in [3.63, 3.8) is 0 Å². The maximum absolute atomic E-state index is 13.0. The van der Waals surface area contributed by atoms with Crippen LogP contribution in [0.3, 0.4) is 0 Å². The maximum atomic E-state index is 13.0. The van der Waals surface area contributed by atoms with Crippen LogP contribution in [-0.4, -0.2) is 35.9 Å². The summed E-state index contributed by atoms with van der Waals surface area (Å²) < 4.78 is 26.0. The Bertz CT molecular complexity index is 422. The molecule has 5 heteroatoms. The third-order valence-electron chi connectivity index (χ3n) is 3.10. The predicted octanol–water partition coefficient (Wildman–Crippen LogP) is 1.42. The van der Waals surface area contributed by atoms with Crippen molar-refractivity contribution in [1.29, 1.82) is 0 Å². The molecule has 3 nitrogen and oxygen atoms in total. The first-order valence-corrected chi connectivity index (χ1v) is 5.94. The first-order chi connectivity index (χ1) is 8.48. The van der Waals surface area contributed by atoms with Crippen LogP contribution in [-0.2, 0) is 11.2 Å². The number of hydrogen-bond donors (Lipinski definition) is 1. The van der Waals surface area contributed by atoms with E-state index in [4.69, 9.17) is 5.73 Å². The van der Waals surface area contributed by atoms with E-state index in [1.165, 1.54) is 0 Å². The quantitative estimate of drug-likeness (QED) is 0.886. The van der Waals surface area contributed by atoms with Gasteiger partial charge in [-0.05, 0) is 12.0 Å². The lowest BCUT2D eigenvalue weighted by atomic mass is 10.1. The van der Waals surface area contributed by atoms with Gasteiger partial charge in [-0.15, -0.1) is 0 Å². The van der Waals surface area contributed by atoms with E-state index in [-0.39, 0.29) is 13.0 Å². The normalized spacial score (nSPS) is 19.8. The molecule has 18 heavy (non-hydrogen) atoms. The minimum Gasteiger partial charge on any atom is -0.335 e. The Labute approximate surface area is 105 Å². The van der Waals surface area contributed by atoms with E-state index in [0.29, 0.717) is 6.42 Å². The largest absolute Gasteiger partial charge is 0.335 e. The summed E-state index contributed by atoms with van der Waals surface area (Å²) in [7, 11) is 0. The van der Waals surface area contributed by atoms with Crippen molar-refractivity contribution in [3.8, 4) is 0 Å². The molecule has 1 aliphatic heterocycles. The highest BCUT2D eigenvalue weighted by atomic mass is 19.3. The first kappa shape index (κ1) is 13.0. The molecule has 1 aromatic rings. The highest BCUT2D eigenvalue weighted by Gasteiger charge is 2.41. The standard InChI is InChI=1S/C13H16F2N2O/c14-13(15)6-7-17(9-13)12(18)11(16)8-10-4-2-1-3-5-10/h1-5,11H,6-9,16H2/t11-/m1/s1. The van der Waals surface area contributed by atoms with Gasteiger partial charge in [0.2, 0.25) is 5.91 Å². The second-order valence-corrected chi connectivity index (χ2v) is 4.66. The Hall–Kier alpha value is -1.49. The number of carbonyl (C=O) groups is 1. The third kappa shape index (κ3) is 3.04. The van der Waals surface area contributed by atoms with Crippen LogP contribution in [0.2, 0.25) is 0 Å². The SMILES string of the molecule is N[C@H](Cc1ccccc1)C(=O)N1CCC(F)(F)C1. The van der Waals surface area contributed by atoms with E-state index < -0.39 is 24.4 Å². The van der Waals surface area contributed by atoms with E-state index >= 15 is 0 Å². The van der Waals surface area contributed by atoms with Crippen molar-refractivity contribution < 1.29 is 13.6 Å². The molecule has 1 aliphatic rings. The van der Waals surface area contributed by atoms with Crippen molar-refractivity contribution >= 4 is 5.91 Å². The Balaban J connectivity index is 1.94. The summed E-state index contributed by atoms with van der Waals surface area (Å²) >= 11 is 0. The van der Waals surface area contributed by atoms with Crippen molar-refractivity contribution in [3.05, 3.63) is 35.9 Å². The van der Waals surface area contributed by atoms with Gasteiger partial charge in [0.25, 0.3) is 5.92 Å². The molecule has 0 aliphatic carbocycles. The average molecular weight is 254 g/mol. The fourth-order valence-corrected chi connectivity index (χ4v) is 2.11. The highest BCUT2D eigenvalue weighted by Crippen LogP contribution is 2.27. The summed E-state index contributed by atoms with van der Waals surface area (Å²) in [5.74, 6) is -3.15. The number of hydrogen-bond acceptors (Lipinski definition) is 2. The summed E-state index contributed by atoms with van der Waals surface area (Å²) in [5.41, 5.74) is 6.72. The zero-order valence-corrected chi connectivity index (χ0v) is 9.98. The number of nitrogens with zero attached hydrogens (tertiary/aromatic N) is 1. The number of alkyl halides is 2. The molecule has 1 fully saturated rings. The third-order valence-corrected chi connectivity index (χ3v) is 3.10. The van der Waals surface area contributed by atoms with Crippen molar-refractivity contribution in [1.82, 2.24) is 4.90 Å². The average Bonchev–Trinajstić information content (AvgIpc) is 2.70. The van der Waals surface area contributed by atoms with E-state index in [9.17, 15) is 13.6 Å². The molecule has 2 N–H and O–H groups in total. The van der Waals surface area contributed by atoms with Gasteiger partial charge in [-0.1, -0.05) is 30.3 Å². The van der Waals surface area contributed by atoms with Crippen molar-refractivity contribution in [2.24, 2.45) is 5.73 Å².